The summed E-state index contributed by atoms with van der Waals surface area (Å²) in [6, 6.07) is 1.91. The molecule has 0 saturated heterocycles. The van der Waals surface area contributed by atoms with Crippen LogP contribution in [0.25, 0.3) is 0 Å². The Kier molecular flexibility index (Phi) is 2.08. The maximum atomic E-state index is 5.16. The molecular weight excluding hydrogens is 190 g/mol. The first-order valence-electron chi connectivity index (χ1n) is 2.83. The van der Waals surface area contributed by atoms with Crippen molar-refractivity contribution in [3.8, 4) is 12.3 Å². The molecule has 50 valence electrons. The molecular formula is C8H6BrN. The Morgan fingerprint density at radius 2 is 2.40 bits per heavy atom. The van der Waals surface area contributed by atoms with Crippen molar-refractivity contribution in [2.24, 2.45) is 0 Å². The number of aromatic nitrogens is 1. The molecule has 0 unspecified atom stereocenters. The third-order valence-electron chi connectivity index (χ3n) is 1.18. The summed E-state index contributed by atoms with van der Waals surface area (Å²) in [7, 11) is 0. The molecule has 1 nitrogen and oxygen atoms in total. The van der Waals surface area contributed by atoms with Gasteiger partial charge in [0.15, 0.2) is 0 Å². The summed E-state index contributed by atoms with van der Waals surface area (Å²) in [4.78, 5) is 4.02. The van der Waals surface area contributed by atoms with Crippen molar-refractivity contribution in [1.29, 1.82) is 0 Å². The summed E-state index contributed by atoms with van der Waals surface area (Å²) in [5.41, 5.74) is 1.89. The zero-order chi connectivity index (χ0) is 7.56. The van der Waals surface area contributed by atoms with E-state index in [0.717, 1.165) is 15.7 Å². The zero-order valence-corrected chi connectivity index (χ0v) is 7.14. The van der Waals surface area contributed by atoms with Crippen LogP contribution in [0, 0.1) is 19.3 Å². The van der Waals surface area contributed by atoms with Gasteiger partial charge in [-0.15, -0.1) is 6.42 Å². The second-order valence-corrected chi connectivity index (χ2v) is 2.73. The van der Waals surface area contributed by atoms with Gasteiger partial charge in [-0.25, -0.2) is 4.98 Å². The molecule has 1 aromatic heterocycles. The van der Waals surface area contributed by atoms with E-state index >= 15 is 0 Å². The average molecular weight is 196 g/mol. The molecule has 1 aromatic rings. The van der Waals surface area contributed by atoms with E-state index in [1.54, 1.807) is 6.20 Å². The lowest BCUT2D eigenvalue weighted by atomic mass is 10.2. The maximum absolute atomic E-state index is 5.16. The Balaban J connectivity index is 3.20. The molecule has 0 aliphatic heterocycles. The molecule has 0 radical (unpaired) electrons. The highest BCUT2D eigenvalue weighted by Gasteiger charge is 1.94. The molecule has 1 rings (SSSR count). The molecule has 1 heterocycles. The molecule has 0 saturated carbocycles. The van der Waals surface area contributed by atoms with Gasteiger partial charge < -0.3 is 0 Å². The lowest BCUT2D eigenvalue weighted by Crippen LogP contribution is -1.83. The maximum Gasteiger partial charge on any atom is 0.109 e. The first-order chi connectivity index (χ1) is 4.74. The monoisotopic (exact) mass is 195 g/mol. The number of halogens is 1. The predicted molar refractivity (Wildman–Crippen MR) is 44.6 cm³/mol. The summed E-state index contributed by atoms with van der Waals surface area (Å²) < 4.78 is 0.853. The summed E-state index contributed by atoms with van der Waals surface area (Å²) >= 11 is 3.28. The predicted octanol–water partition coefficient (Wildman–Crippen LogP) is 2.13. The quantitative estimate of drug-likeness (QED) is 0.457. The van der Waals surface area contributed by atoms with E-state index in [9.17, 15) is 0 Å². The van der Waals surface area contributed by atoms with Crippen LogP contribution in [0.4, 0.5) is 0 Å². The molecule has 0 atom stereocenters. The molecule has 0 amide bonds. The fourth-order valence-corrected chi connectivity index (χ4v) is 0.854. The molecule has 0 bridgehead atoms. The Morgan fingerprint density at radius 1 is 1.70 bits per heavy atom. The molecule has 0 fully saturated rings. The molecule has 2 heteroatoms. The van der Waals surface area contributed by atoms with Gasteiger partial charge in [0.25, 0.3) is 0 Å². The minimum absolute atomic E-state index is 0.820. The normalized spacial score (nSPS) is 8.90. The summed E-state index contributed by atoms with van der Waals surface area (Å²) in [5, 5.41) is 0. The Labute approximate surface area is 68.6 Å². The standard InChI is InChI=1S/C8H6BrN/c1-3-7-4-6(2)8(9)10-5-7/h1,4-5H,2H3. The summed E-state index contributed by atoms with van der Waals surface area (Å²) in [6.45, 7) is 1.96. The smallest absolute Gasteiger partial charge is 0.109 e. The van der Waals surface area contributed by atoms with Gasteiger partial charge >= 0.3 is 0 Å². The molecule has 0 aromatic carbocycles. The largest absolute Gasteiger partial charge is 0.248 e. The van der Waals surface area contributed by atoms with Gasteiger partial charge in [-0.3, -0.25) is 0 Å². The minimum atomic E-state index is 0.820. The van der Waals surface area contributed by atoms with Crippen LogP contribution in [-0.2, 0) is 0 Å². The third-order valence-corrected chi connectivity index (χ3v) is 2.01. The second kappa shape index (κ2) is 2.85. The van der Waals surface area contributed by atoms with E-state index in [1.807, 2.05) is 13.0 Å². The van der Waals surface area contributed by atoms with Crippen molar-refractivity contribution in [3.63, 3.8) is 0 Å². The number of aryl methyl sites for hydroxylation is 1. The van der Waals surface area contributed by atoms with Gasteiger partial charge in [0.1, 0.15) is 4.60 Å². The first-order valence-corrected chi connectivity index (χ1v) is 3.62. The Bertz CT molecular complexity index is 286. The number of hydrogen-bond acceptors (Lipinski definition) is 1. The Morgan fingerprint density at radius 3 is 2.90 bits per heavy atom. The average Bonchev–Trinajstić information content (AvgIpc) is 1.95. The molecule has 0 spiro atoms. The number of hydrogen-bond donors (Lipinski definition) is 0. The van der Waals surface area contributed by atoms with E-state index in [4.69, 9.17) is 6.42 Å². The molecule has 0 aliphatic carbocycles. The summed E-state index contributed by atoms with van der Waals surface area (Å²) in [6.07, 6.45) is 6.83. The van der Waals surface area contributed by atoms with Gasteiger partial charge in [-0.05, 0) is 34.5 Å². The van der Waals surface area contributed by atoms with Crippen LogP contribution in [0.5, 0.6) is 0 Å². The Hall–Kier alpha value is -0.810. The lowest BCUT2D eigenvalue weighted by molar-refractivity contribution is 1.21. The fourth-order valence-electron chi connectivity index (χ4n) is 0.637. The molecule has 10 heavy (non-hydrogen) atoms. The van der Waals surface area contributed by atoms with Crippen molar-refractivity contribution >= 4 is 15.9 Å². The number of nitrogens with zero attached hydrogens (tertiary/aromatic N) is 1. The molecule has 0 aliphatic rings. The first kappa shape index (κ1) is 7.30. The van der Waals surface area contributed by atoms with E-state index in [1.165, 1.54) is 0 Å². The van der Waals surface area contributed by atoms with Gasteiger partial charge in [-0.2, -0.15) is 0 Å². The van der Waals surface area contributed by atoms with Crippen LogP contribution in [0.1, 0.15) is 11.1 Å². The van der Waals surface area contributed by atoms with E-state index in [2.05, 4.69) is 26.8 Å². The van der Waals surface area contributed by atoms with Crippen molar-refractivity contribution in [3.05, 3.63) is 28.0 Å². The number of rotatable bonds is 0. The van der Waals surface area contributed by atoms with Crippen LogP contribution in [0.3, 0.4) is 0 Å². The SMILES string of the molecule is C#Cc1cnc(Br)c(C)c1. The van der Waals surface area contributed by atoms with Gasteiger partial charge in [0, 0.05) is 11.8 Å². The lowest BCUT2D eigenvalue weighted by Gasteiger charge is -1.95. The van der Waals surface area contributed by atoms with Crippen molar-refractivity contribution in [1.82, 2.24) is 4.98 Å². The van der Waals surface area contributed by atoms with Gasteiger partial charge in [0.2, 0.25) is 0 Å². The third kappa shape index (κ3) is 1.37. The van der Waals surface area contributed by atoms with E-state index in [0.29, 0.717) is 0 Å². The second-order valence-electron chi connectivity index (χ2n) is 1.98. The highest BCUT2D eigenvalue weighted by molar-refractivity contribution is 9.10. The van der Waals surface area contributed by atoms with Crippen LogP contribution in [-0.4, -0.2) is 4.98 Å². The van der Waals surface area contributed by atoms with Crippen LogP contribution < -0.4 is 0 Å². The minimum Gasteiger partial charge on any atom is -0.248 e. The van der Waals surface area contributed by atoms with E-state index < -0.39 is 0 Å². The van der Waals surface area contributed by atoms with Crippen molar-refractivity contribution in [2.45, 2.75) is 6.92 Å². The number of pyridine rings is 1. The van der Waals surface area contributed by atoms with Gasteiger partial charge in [-0.1, -0.05) is 5.92 Å². The highest BCUT2D eigenvalue weighted by atomic mass is 79.9. The number of terminal acetylenes is 1. The van der Waals surface area contributed by atoms with Crippen molar-refractivity contribution in [2.75, 3.05) is 0 Å². The van der Waals surface area contributed by atoms with E-state index in [-0.39, 0.29) is 0 Å². The molecule has 0 N–H and O–H groups in total. The zero-order valence-electron chi connectivity index (χ0n) is 5.56. The fraction of sp³-hybridized carbons (Fsp3) is 0.125. The van der Waals surface area contributed by atoms with Crippen LogP contribution in [0.2, 0.25) is 0 Å². The topological polar surface area (TPSA) is 12.9 Å². The summed E-state index contributed by atoms with van der Waals surface area (Å²) in [5.74, 6) is 2.51. The highest BCUT2D eigenvalue weighted by Crippen LogP contribution is 2.12. The van der Waals surface area contributed by atoms with Crippen LogP contribution in [0.15, 0.2) is 16.9 Å². The van der Waals surface area contributed by atoms with Crippen LogP contribution >= 0.6 is 15.9 Å². The van der Waals surface area contributed by atoms with Gasteiger partial charge in [0.05, 0.1) is 0 Å². The van der Waals surface area contributed by atoms with Crippen molar-refractivity contribution < 1.29 is 0 Å².